The van der Waals surface area contributed by atoms with E-state index < -0.39 is 5.97 Å². The minimum absolute atomic E-state index is 0.284. The molecule has 0 spiro atoms. The van der Waals surface area contributed by atoms with Gasteiger partial charge in [0, 0.05) is 18.6 Å². The molecule has 4 aliphatic carbocycles. The molecule has 1 atom stereocenters. The van der Waals surface area contributed by atoms with E-state index in [1.54, 1.807) is 0 Å². The summed E-state index contributed by atoms with van der Waals surface area (Å²) in [4.78, 5) is 13.7. The van der Waals surface area contributed by atoms with E-state index in [4.69, 9.17) is 0 Å². The number of aliphatic carboxylic acids is 1. The highest BCUT2D eigenvalue weighted by atomic mass is 16.4. The van der Waals surface area contributed by atoms with Gasteiger partial charge in [0.05, 0.1) is 5.92 Å². The van der Waals surface area contributed by atoms with Crippen LogP contribution in [-0.4, -0.2) is 34.6 Å². The van der Waals surface area contributed by atoms with Gasteiger partial charge in [-0.1, -0.05) is 13.0 Å². The Hall–Kier alpha value is -0.830. The lowest BCUT2D eigenvalue weighted by molar-refractivity contribution is -0.144. The lowest BCUT2D eigenvalue weighted by Gasteiger charge is -2.60. The van der Waals surface area contributed by atoms with Crippen molar-refractivity contribution in [3.63, 3.8) is 0 Å². The average molecular weight is 277 g/mol. The van der Waals surface area contributed by atoms with E-state index in [2.05, 4.69) is 11.5 Å². The molecular formula is C17H27NO2. The van der Waals surface area contributed by atoms with Crippen LogP contribution in [0.25, 0.3) is 0 Å². The molecular weight excluding hydrogens is 250 g/mol. The van der Waals surface area contributed by atoms with Gasteiger partial charge in [-0.15, -0.1) is 6.58 Å². The zero-order valence-electron chi connectivity index (χ0n) is 12.6. The molecule has 3 nitrogen and oxygen atoms in total. The predicted molar refractivity (Wildman–Crippen MR) is 79.5 cm³/mol. The minimum Gasteiger partial charge on any atom is -0.481 e. The van der Waals surface area contributed by atoms with Crippen molar-refractivity contribution >= 4 is 5.97 Å². The normalized spacial score (nSPS) is 40.0. The SMILES string of the molecule is C=CCN(CC(C)C(=O)O)C12CC3CC(CC(C3)C1)C2. The Kier molecular flexibility index (Phi) is 3.65. The van der Waals surface area contributed by atoms with Gasteiger partial charge in [0.1, 0.15) is 0 Å². The van der Waals surface area contributed by atoms with E-state index in [1.807, 2.05) is 13.0 Å². The molecule has 0 amide bonds. The molecule has 0 heterocycles. The fourth-order valence-electron chi connectivity index (χ4n) is 5.48. The second-order valence-corrected chi connectivity index (χ2v) is 7.57. The van der Waals surface area contributed by atoms with Gasteiger partial charge in [0.25, 0.3) is 0 Å². The van der Waals surface area contributed by atoms with Crippen LogP contribution in [-0.2, 0) is 4.79 Å². The van der Waals surface area contributed by atoms with Crippen LogP contribution < -0.4 is 0 Å². The number of carboxylic acids is 1. The van der Waals surface area contributed by atoms with Gasteiger partial charge in [0.15, 0.2) is 0 Å². The molecule has 4 saturated carbocycles. The van der Waals surface area contributed by atoms with E-state index in [0.29, 0.717) is 6.54 Å². The molecule has 0 radical (unpaired) electrons. The summed E-state index contributed by atoms with van der Waals surface area (Å²) >= 11 is 0. The zero-order valence-corrected chi connectivity index (χ0v) is 12.6. The average Bonchev–Trinajstić information content (AvgIpc) is 2.36. The van der Waals surface area contributed by atoms with Crippen molar-refractivity contribution in [2.24, 2.45) is 23.7 Å². The number of hydrogen-bond acceptors (Lipinski definition) is 2. The minimum atomic E-state index is -0.677. The molecule has 4 fully saturated rings. The quantitative estimate of drug-likeness (QED) is 0.758. The van der Waals surface area contributed by atoms with Crippen LogP contribution >= 0.6 is 0 Å². The predicted octanol–water partition coefficient (Wildman–Crippen LogP) is 3.16. The maximum absolute atomic E-state index is 11.2. The van der Waals surface area contributed by atoms with Gasteiger partial charge in [-0.25, -0.2) is 0 Å². The number of nitrogens with zero attached hydrogens (tertiary/aromatic N) is 1. The molecule has 4 bridgehead atoms. The van der Waals surface area contributed by atoms with Gasteiger partial charge >= 0.3 is 5.97 Å². The van der Waals surface area contributed by atoms with E-state index in [0.717, 1.165) is 24.3 Å². The fourth-order valence-corrected chi connectivity index (χ4v) is 5.48. The van der Waals surface area contributed by atoms with Crippen molar-refractivity contribution in [2.75, 3.05) is 13.1 Å². The van der Waals surface area contributed by atoms with Crippen molar-refractivity contribution in [1.29, 1.82) is 0 Å². The Morgan fingerprint density at radius 3 is 2.20 bits per heavy atom. The largest absolute Gasteiger partial charge is 0.481 e. The van der Waals surface area contributed by atoms with Gasteiger partial charge in [-0.2, -0.15) is 0 Å². The van der Waals surface area contributed by atoms with Crippen LogP contribution in [0.3, 0.4) is 0 Å². The third-order valence-electron chi connectivity index (χ3n) is 5.94. The Balaban J connectivity index is 1.79. The van der Waals surface area contributed by atoms with Gasteiger partial charge in [-0.05, 0) is 56.3 Å². The first-order valence-electron chi connectivity index (χ1n) is 8.11. The maximum atomic E-state index is 11.2. The Morgan fingerprint density at radius 1 is 1.30 bits per heavy atom. The summed E-state index contributed by atoms with van der Waals surface area (Å²) < 4.78 is 0. The summed E-state index contributed by atoms with van der Waals surface area (Å²) in [6.07, 6.45) is 10.1. The highest BCUT2D eigenvalue weighted by molar-refractivity contribution is 5.69. The van der Waals surface area contributed by atoms with Crippen molar-refractivity contribution in [3.05, 3.63) is 12.7 Å². The summed E-state index contributed by atoms with van der Waals surface area (Å²) in [5, 5.41) is 9.23. The molecule has 112 valence electrons. The van der Waals surface area contributed by atoms with Crippen molar-refractivity contribution in [2.45, 2.75) is 51.0 Å². The van der Waals surface area contributed by atoms with Crippen LogP contribution in [0.1, 0.15) is 45.4 Å². The second kappa shape index (κ2) is 5.18. The van der Waals surface area contributed by atoms with Crippen molar-refractivity contribution in [1.82, 2.24) is 4.90 Å². The molecule has 0 aromatic heterocycles. The molecule has 1 unspecified atom stereocenters. The first-order chi connectivity index (χ1) is 9.52. The highest BCUT2D eigenvalue weighted by Crippen LogP contribution is 2.57. The third-order valence-corrected chi connectivity index (χ3v) is 5.94. The number of carbonyl (C=O) groups is 1. The summed E-state index contributed by atoms with van der Waals surface area (Å²) in [5.74, 6) is 1.72. The Morgan fingerprint density at radius 2 is 1.80 bits per heavy atom. The summed E-state index contributed by atoms with van der Waals surface area (Å²) in [7, 11) is 0. The smallest absolute Gasteiger partial charge is 0.307 e. The molecule has 4 rings (SSSR count). The first-order valence-corrected chi connectivity index (χ1v) is 8.11. The Bertz CT molecular complexity index is 369. The van der Waals surface area contributed by atoms with E-state index in [1.165, 1.54) is 38.5 Å². The molecule has 0 aromatic rings. The van der Waals surface area contributed by atoms with Gasteiger partial charge < -0.3 is 5.11 Å². The summed E-state index contributed by atoms with van der Waals surface area (Å²) in [6.45, 7) is 7.23. The topological polar surface area (TPSA) is 40.5 Å². The standard InChI is InChI=1S/C17H27NO2/c1-3-4-18(11-12(2)16(19)20)17-8-13-5-14(9-17)7-15(6-13)10-17/h3,12-15H,1,4-11H2,2H3,(H,19,20). The van der Waals surface area contributed by atoms with Crippen LogP contribution in [0.5, 0.6) is 0 Å². The van der Waals surface area contributed by atoms with E-state index in [9.17, 15) is 9.90 Å². The lowest BCUT2D eigenvalue weighted by Crippen LogP contribution is -2.61. The molecule has 0 aliphatic heterocycles. The van der Waals surface area contributed by atoms with E-state index in [-0.39, 0.29) is 11.5 Å². The van der Waals surface area contributed by atoms with Crippen LogP contribution in [0.2, 0.25) is 0 Å². The summed E-state index contributed by atoms with van der Waals surface area (Å²) in [5.41, 5.74) is 0.284. The lowest BCUT2D eigenvalue weighted by atomic mass is 9.52. The first kappa shape index (κ1) is 14.1. The molecule has 3 heteroatoms. The fraction of sp³-hybridized carbons (Fsp3) is 0.824. The molecule has 4 aliphatic rings. The third kappa shape index (κ3) is 2.41. The molecule has 20 heavy (non-hydrogen) atoms. The number of carboxylic acid groups (broad SMARTS) is 1. The highest BCUT2D eigenvalue weighted by Gasteiger charge is 2.53. The molecule has 0 aromatic carbocycles. The van der Waals surface area contributed by atoms with Crippen molar-refractivity contribution < 1.29 is 9.90 Å². The maximum Gasteiger partial charge on any atom is 0.307 e. The second-order valence-electron chi connectivity index (χ2n) is 7.57. The molecule has 0 saturated heterocycles. The van der Waals surface area contributed by atoms with Crippen LogP contribution in [0.4, 0.5) is 0 Å². The monoisotopic (exact) mass is 277 g/mol. The van der Waals surface area contributed by atoms with E-state index >= 15 is 0 Å². The number of rotatable bonds is 6. The number of hydrogen-bond donors (Lipinski definition) is 1. The van der Waals surface area contributed by atoms with Gasteiger partial charge in [-0.3, -0.25) is 9.69 Å². The zero-order chi connectivity index (χ0) is 14.3. The van der Waals surface area contributed by atoms with Crippen molar-refractivity contribution in [3.8, 4) is 0 Å². The van der Waals surface area contributed by atoms with Crippen LogP contribution in [0, 0.1) is 23.7 Å². The molecule has 1 N–H and O–H groups in total. The summed E-state index contributed by atoms with van der Waals surface area (Å²) in [6, 6.07) is 0. The van der Waals surface area contributed by atoms with Gasteiger partial charge in [0.2, 0.25) is 0 Å². The van der Waals surface area contributed by atoms with Crippen LogP contribution in [0.15, 0.2) is 12.7 Å². The Labute approximate surface area is 122 Å².